The summed E-state index contributed by atoms with van der Waals surface area (Å²) in [7, 11) is 0. The summed E-state index contributed by atoms with van der Waals surface area (Å²) >= 11 is 3.21. The van der Waals surface area contributed by atoms with Gasteiger partial charge >= 0.3 is 5.69 Å². The minimum absolute atomic E-state index is 0.0503. The van der Waals surface area contributed by atoms with Gasteiger partial charge < -0.3 is 5.32 Å². The monoisotopic (exact) mass is 271 g/mol. The standard InChI is InChI=1S/C9H10BrN3O2/c1-6(2)3-12-9-7(10)4-11-5-8(9)13(14)15/h4-5H,1,3H2,2H3,(H,11,12). The highest BCUT2D eigenvalue weighted by Crippen LogP contribution is 2.30. The summed E-state index contributed by atoms with van der Waals surface area (Å²) < 4.78 is 0.568. The van der Waals surface area contributed by atoms with E-state index in [4.69, 9.17) is 0 Å². The largest absolute Gasteiger partial charge is 0.375 e. The fourth-order valence-corrected chi connectivity index (χ4v) is 1.44. The second-order valence-corrected chi connectivity index (χ2v) is 3.94. The van der Waals surface area contributed by atoms with Gasteiger partial charge in [-0.2, -0.15) is 0 Å². The zero-order chi connectivity index (χ0) is 11.4. The molecule has 0 saturated carbocycles. The molecule has 5 nitrogen and oxygen atoms in total. The number of nitrogens with one attached hydrogen (secondary N) is 1. The van der Waals surface area contributed by atoms with Gasteiger partial charge in [-0.15, -0.1) is 0 Å². The summed E-state index contributed by atoms with van der Waals surface area (Å²) in [6.45, 7) is 6.04. The normalized spacial score (nSPS) is 9.73. The van der Waals surface area contributed by atoms with Gasteiger partial charge in [0.05, 0.1) is 9.40 Å². The maximum Gasteiger partial charge on any atom is 0.311 e. The van der Waals surface area contributed by atoms with Crippen LogP contribution in [0.5, 0.6) is 0 Å². The average molecular weight is 272 g/mol. The Morgan fingerprint density at radius 2 is 2.40 bits per heavy atom. The van der Waals surface area contributed by atoms with Crippen LogP contribution in [0.15, 0.2) is 29.0 Å². The third-order valence-corrected chi connectivity index (χ3v) is 2.24. The van der Waals surface area contributed by atoms with Gasteiger partial charge in [-0.25, -0.2) is 0 Å². The number of hydrogen-bond donors (Lipinski definition) is 1. The lowest BCUT2D eigenvalue weighted by Crippen LogP contribution is -2.05. The molecule has 0 spiro atoms. The molecule has 80 valence electrons. The molecule has 0 radical (unpaired) electrons. The summed E-state index contributed by atoms with van der Waals surface area (Å²) in [4.78, 5) is 14.0. The molecule has 0 aliphatic carbocycles. The van der Waals surface area contributed by atoms with E-state index in [1.807, 2.05) is 6.92 Å². The van der Waals surface area contributed by atoms with E-state index in [-0.39, 0.29) is 5.69 Å². The predicted molar refractivity (Wildman–Crippen MR) is 61.9 cm³/mol. The zero-order valence-corrected chi connectivity index (χ0v) is 9.74. The van der Waals surface area contributed by atoms with E-state index in [1.54, 1.807) is 0 Å². The molecule has 15 heavy (non-hydrogen) atoms. The topological polar surface area (TPSA) is 68.1 Å². The highest BCUT2D eigenvalue weighted by molar-refractivity contribution is 9.10. The Morgan fingerprint density at radius 1 is 1.73 bits per heavy atom. The van der Waals surface area contributed by atoms with Gasteiger partial charge in [0.1, 0.15) is 11.9 Å². The van der Waals surface area contributed by atoms with Crippen LogP contribution in [-0.2, 0) is 0 Å². The third kappa shape index (κ3) is 3.02. The minimum Gasteiger partial charge on any atom is -0.375 e. The van der Waals surface area contributed by atoms with Crippen molar-refractivity contribution in [2.75, 3.05) is 11.9 Å². The number of nitrogens with zero attached hydrogens (tertiary/aromatic N) is 2. The van der Waals surface area contributed by atoms with Crippen LogP contribution in [0.1, 0.15) is 6.92 Å². The average Bonchev–Trinajstić information content (AvgIpc) is 2.15. The van der Waals surface area contributed by atoms with Crippen molar-refractivity contribution in [3.05, 3.63) is 39.1 Å². The molecule has 1 rings (SSSR count). The van der Waals surface area contributed by atoms with E-state index >= 15 is 0 Å². The quantitative estimate of drug-likeness (QED) is 0.520. The lowest BCUT2D eigenvalue weighted by molar-refractivity contribution is -0.384. The van der Waals surface area contributed by atoms with Crippen molar-refractivity contribution in [1.29, 1.82) is 0 Å². The molecule has 1 N–H and O–H groups in total. The Kier molecular flexibility index (Phi) is 3.79. The fourth-order valence-electron chi connectivity index (χ4n) is 0.977. The molecule has 1 aromatic heterocycles. The minimum atomic E-state index is -0.474. The molecule has 0 bridgehead atoms. The number of pyridine rings is 1. The van der Waals surface area contributed by atoms with Gasteiger partial charge in [0, 0.05) is 12.7 Å². The molecule has 0 amide bonds. The van der Waals surface area contributed by atoms with Gasteiger partial charge in [-0.05, 0) is 22.9 Å². The van der Waals surface area contributed by atoms with Gasteiger partial charge in [0.15, 0.2) is 0 Å². The Labute approximate surface area is 95.5 Å². The Bertz CT molecular complexity index is 406. The molecule has 0 fully saturated rings. The van der Waals surface area contributed by atoms with E-state index in [0.717, 1.165) is 5.57 Å². The summed E-state index contributed by atoms with van der Waals surface area (Å²) in [6, 6.07) is 0. The Morgan fingerprint density at radius 3 is 2.93 bits per heavy atom. The molecular formula is C9H10BrN3O2. The van der Waals surface area contributed by atoms with Crippen molar-refractivity contribution in [3.8, 4) is 0 Å². The first-order valence-electron chi connectivity index (χ1n) is 4.18. The zero-order valence-electron chi connectivity index (χ0n) is 8.16. The van der Waals surface area contributed by atoms with Gasteiger partial charge in [0.25, 0.3) is 0 Å². The molecule has 0 unspecified atom stereocenters. The second-order valence-electron chi connectivity index (χ2n) is 3.08. The summed E-state index contributed by atoms with van der Waals surface area (Å²) in [5.41, 5.74) is 1.27. The molecule has 0 aliphatic rings. The van der Waals surface area contributed by atoms with E-state index in [1.165, 1.54) is 12.4 Å². The van der Waals surface area contributed by atoms with Crippen LogP contribution in [0.4, 0.5) is 11.4 Å². The molecule has 6 heteroatoms. The number of anilines is 1. The Balaban J connectivity index is 3.02. The van der Waals surface area contributed by atoms with Gasteiger partial charge in [-0.3, -0.25) is 15.1 Å². The highest BCUT2D eigenvalue weighted by atomic mass is 79.9. The van der Waals surface area contributed by atoms with Crippen molar-refractivity contribution >= 4 is 27.3 Å². The first-order valence-corrected chi connectivity index (χ1v) is 4.98. The fraction of sp³-hybridized carbons (Fsp3) is 0.222. The summed E-state index contributed by atoms with van der Waals surface area (Å²) in [5.74, 6) is 0. The highest BCUT2D eigenvalue weighted by Gasteiger charge is 2.16. The van der Waals surface area contributed by atoms with Crippen LogP contribution in [0.2, 0.25) is 0 Å². The molecule has 0 saturated heterocycles. The predicted octanol–water partition coefficient (Wildman–Crippen LogP) is 2.74. The molecular weight excluding hydrogens is 262 g/mol. The molecule has 0 aromatic carbocycles. The smallest absolute Gasteiger partial charge is 0.311 e. The molecule has 1 aromatic rings. The van der Waals surface area contributed by atoms with Gasteiger partial charge in [0.2, 0.25) is 0 Å². The van der Waals surface area contributed by atoms with E-state index in [9.17, 15) is 10.1 Å². The number of nitro groups is 1. The number of aromatic nitrogens is 1. The van der Waals surface area contributed by atoms with E-state index < -0.39 is 4.92 Å². The molecule has 1 heterocycles. The summed E-state index contributed by atoms with van der Waals surface area (Å²) in [5, 5.41) is 13.6. The molecule has 0 atom stereocenters. The maximum absolute atomic E-state index is 10.7. The van der Waals surface area contributed by atoms with Crippen LogP contribution < -0.4 is 5.32 Å². The number of rotatable bonds is 4. The van der Waals surface area contributed by atoms with E-state index in [2.05, 4.69) is 32.8 Å². The van der Waals surface area contributed by atoms with E-state index in [0.29, 0.717) is 16.7 Å². The first-order chi connectivity index (χ1) is 7.02. The van der Waals surface area contributed by atoms with Crippen LogP contribution in [-0.4, -0.2) is 16.5 Å². The van der Waals surface area contributed by atoms with Crippen LogP contribution in [0, 0.1) is 10.1 Å². The van der Waals surface area contributed by atoms with Crippen molar-refractivity contribution in [3.63, 3.8) is 0 Å². The van der Waals surface area contributed by atoms with Crippen LogP contribution in [0.25, 0.3) is 0 Å². The Hall–Kier alpha value is -1.43. The van der Waals surface area contributed by atoms with Crippen LogP contribution >= 0.6 is 15.9 Å². The lowest BCUT2D eigenvalue weighted by Gasteiger charge is -2.07. The SMILES string of the molecule is C=C(C)CNc1c(Br)cncc1[N+](=O)[O-]. The van der Waals surface area contributed by atoms with Crippen molar-refractivity contribution in [2.45, 2.75) is 6.92 Å². The van der Waals surface area contributed by atoms with Crippen molar-refractivity contribution < 1.29 is 4.92 Å². The first kappa shape index (κ1) is 11.6. The van der Waals surface area contributed by atoms with Gasteiger partial charge in [-0.1, -0.05) is 12.2 Å². The van der Waals surface area contributed by atoms with Crippen LogP contribution in [0.3, 0.4) is 0 Å². The molecule has 0 aliphatic heterocycles. The summed E-state index contributed by atoms with van der Waals surface area (Å²) in [6.07, 6.45) is 2.72. The second kappa shape index (κ2) is 4.88. The van der Waals surface area contributed by atoms with Crippen molar-refractivity contribution in [1.82, 2.24) is 4.98 Å². The van der Waals surface area contributed by atoms with Crippen molar-refractivity contribution in [2.24, 2.45) is 0 Å². The number of halogens is 1. The lowest BCUT2D eigenvalue weighted by atomic mass is 10.3. The maximum atomic E-state index is 10.7. The third-order valence-electron chi connectivity index (χ3n) is 1.64. The number of hydrogen-bond acceptors (Lipinski definition) is 4.